The van der Waals surface area contributed by atoms with Crippen molar-refractivity contribution in [2.45, 2.75) is 31.1 Å². The second-order valence-corrected chi connectivity index (χ2v) is 8.03. The van der Waals surface area contributed by atoms with E-state index in [0.29, 0.717) is 16.1 Å². The van der Waals surface area contributed by atoms with E-state index in [-0.39, 0.29) is 30.9 Å². The Morgan fingerprint density at radius 3 is 2.56 bits per heavy atom. The van der Waals surface area contributed by atoms with Gasteiger partial charge in [0.2, 0.25) is 0 Å². The molecule has 3 atom stereocenters. The van der Waals surface area contributed by atoms with Gasteiger partial charge in [0.15, 0.2) is 0 Å². The quantitative estimate of drug-likeness (QED) is 0.666. The molecule has 3 amide bonds. The van der Waals surface area contributed by atoms with Gasteiger partial charge in [-0.25, -0.2) is 4.79 Å². The molecule has 10 heteroatoms. The molecule has 0 saturated carbocycles. The van der Waals surface area contributed by atoms with Gasteiger partial charge < -0.3 is 10.2 Å². The molecule has 0 aromatic heterocycles. The van der Waals surface area contributed by atoms with Crippen LogP contribution in [0.1, 0.15) is 5.56 Å². The molecule has 3 unspecified atom stereocenters. The molecule has 3 aliphatic heterocycles. The van der Waals surface area contributed by atoms with Gasteiger partial charge in [-0.05, 0) is 24.7 Å². The zero-order valence-corrected chi connectivity index (χ0v) is 16.6. The lowest BCUT2D eigenvalue weighted by Crippen LogP contribution is -2.65. The van der Waals surface area contributed by atoms with Crippen LogP contribution < -0.4 is 16.0 Å². The number of carbonyl (C=O) groups is 2. The highest BCUT2D eigenvalue weighted by Crippen LogP contribution is 2.28. The van der Waals surface area contributed by atoms with Crippen molar-refractivity contribution in [1.29, 1.82) is 0 Å². The van der Waals surface area contributed by atoms with Crippen LogP contribution in [0.3, 0.4) is 0 Å². The van der Waals surface area contributed by atoms with Crippen LogP contribution in [0.5, 0.6) is 0 Å². The average Bonchev–Trinajstić information content (AvgIpc) is 2.93. The molecule has 146 valence electrons. The molecular formula is C17H22Cl2N6O2. The summed E-state index contributed by atoms with van der Waals surface area (Å²) in [5.41, 5.74) is 0.752. The highest BCUT2D eigenvalue weighted by Gasteiger charge is 2.53. The number of urea groups is 1. The maximum absolute atomic E-state index is 13.1. The molecule has 27 heavy (non-hydrogen) atoms. The Bertz CT molecular complexity index is 774. The van der Waals surface area contributed by atoms with Crippen LogP contribution in [0.4, 0.5) is 4.79 Å². The monoisotopic (exact) mass is 412 g/mol. The van der Waals surface area contributed by atoms with E-state index in [1.54, 1.807) is 30.1 Å². The number of fused-ring (bicyclic) bond motifs is 1. The summed E-state index contributed by atoms with van der Waals surface area (Å²) in [5, 5.41) is 10.9. The minimum absolute atomic E-state index is 0.153. The number of rotatable bonds is 4. The fraction of sp³-hybridized carbons (Fsp3) is 0.529. The minimum Gasteiger partial charge on any atom is -0.314 e. The number of benzene rings is 1. The van der Waals surface area contributed by atoms with Crippen LogP contribution in [0.25, 0.3) is 0 Å². The molecule has 0 spiro atoms. The minimum atomic E-state index is -0.457. The molecule has 3 heterocycles. The molecule has 0 bridgehead atoms. The smallest absolute Gasteiger partial charge is 0.314 e. The van der Waals surface area contributed by atoms with Gasteiger partial charge in [-0.3, -0.25) is 25.2 Å². The summed E-state index contributed by atoms with van der Waals surface area (Å²) in [4.78, 5) is 30.8. The number of halogens is 2. The Morgan fingerprint density at radius 1 is 1.19 bits per heavy atom. The predicted octanol–water partition coefficient (Wildman–Crippen LogP) is 0.462. The van der Waals surface area contributed by atoms with E-state index in [4.69, 9.17) is 23.2 Å². The van der Waals surface area contributed by atoms with Crippen molar-refractivity contribution in [3.05, 3.63) is 33.8 Å². The van der Waals surface area contributed by atoms with Crippen LogP contribution >= 0.6 is 23.2 Å². The molecule has 3 fully saturated rings. The number of nitrogens with one attached hydrogen (secondary N) is 3. The first-order valence-electron chi connectivity index (χ1n) is 8.83. The standard InChI is InChI=1S/C17H22Cl2N6O2/c1-23-13-14(22-16(23)21-10-6-20-7-10)24(2)17(27)25(15(13)26)8-9-3-4-11(18)12(19)5-9/h3-5,10,13-14,16,20-22H,6-8H2,1-2H3. The maximum atomic E-state index is 13.1. The second-order valence-electron chi connectivity index (χ2n) is 7.21. The summed E-state index contributed by atoms with van der Waals surface area (Å²) in [6.07, 6.45) is -0.540. The van der Waals surface area contributed by atoms with Gasteiger partial charge >= 0.3 is 6.03 Å². The topological polar surface area (TPSA) is 80.0 Å². The third kappa shape index (κ3) is 3.30. The molecule has 1 aromatic rings. The third-order valence-electron chi connectivity index (χ3n) is 5.44. The molecule has 3 N–H and O–H groups in total. The van der Waals surface area contributed by atoms with E-state index < -0.39 is 6.04 Å². The number of imide groups is 1. The molecular weight excluding hydrogens is 391 g/mol. The highest BCUT2D eigenvalue weighted by atomic mass is 35.5. The Morgan fingerprint density at radius 2 is 1.93 bits per heavy atom. The molecule has 1 aromatic carbocycles. The van der Waals surface area contributed by atoms with Gasteiger partial charge in [0, 0.05) is 26.2 Å². The lowest BCUT2D eigenvalue weighted by atomic mass is 10.1. The Hall–Kier alpha value is -1.42. The largest absolute Gasteiger partial charge is 0.328 e. The van der Waals surface area contributed by atoms with Crippen LogP contribution in [0.2, 0.25) is 10.0 Å². The van der Waals surface area contributed by atoms with E-state index in [1.165, 1.54) is 4.90 Å². The Labute approximate surface area is 167 Å². The van der Waals surface area contributed by atoms with Crippen LogP contribution in [-0.2, 0) is 11.3 Å². The SMILES string of the molecule is CN1C(=O)N(Cc2ccc(Cl)c(Cl)c2)C(=O)C2C1NC(NC1CNC1)N2C. The van der Waals surface area contributed by atoms with E-state index >= 15 is 0 Å². The van der Waals surface area contributed by atoms with Crippen molar-refractivity contribution < 1.29 is 9.59 Å². The summed E-state index contributed by atoms with van der Waals surface area (Å²) in [6.45, 7) is 1.95. The first-order chi connectivity index (χ1) is 12.9. The average molecular weight is 413 g/mol. The van der Waals surface area contributed by atoms with E-state index in [1.807, 2.05) is 11.9 Å². The molecule has 4 rings (SSSR count). The van der Waals surface area contributed by atoms with Gasteiger partial charge in [-0.1, -0.05) is 29.3 Å². The van der Waals surface area contributed by atoms with Gasteiger partial charge in [0.05, 0.1) is 16.6 Å². The number of amides is 3. The van der Waals surface area contributed by atoms with E-state index in [0.717, 1.165) is 18.7 Å². The first kappa shape index (κ1) is 18.9. The molecule has 3 saturated heterocycles. The van der Waals surface area contributed by atoms with Crippen molar-refractivity contribution in [1.82, 2.24) is 30.7 Å². The summed E-state index contributed by atoms with van der Waals surface area (Å²) in [7, 11) is 3.60. The van der Waals surface area contributed by atoms with Crippen LogP contribution in [0, 0.1) is 0 Å². The zero-order valence-electron chi connectivity index (χ0n) is 15.1. The Balaban J connectivity index is 1.54. The van der Waals surface area contributed by atoms with Crippen molar-refractivity contribution in [3.63, 3.8) is 0 Å². The zero-order chi connectivity index (χ0) is 19.3. The normalized spacial score (nSPS) is 29.3. The fourth-order valence-electron chi connectivity index (χ4n) is 3.71. The van der Waals surface area contributed by atoms with Gasteiger partial charge in [-0.2, -0.15) is 0 Å². The third-order valence-corrected chi connectivity index (χ3v) is 6.18. The van der Waals surface area contributed by atoms with E-state index in [2.05, 4.69) is 16.0 Å². The molecule has 3 aliphatic rings. The lowest BCUT2D eigenvalue weighted by molar-refractivity contribution is -0.138. The van der Waals surface area contributed by atoms with Crippen molar-refractivity contribution >= 4 is 35.1 Å². The van der Waals surface area contributed by atoms with Crippen molar-refractivity contribution in [2.75, 3.05) is 27.2 Å². The molecule has 8 nitrogen and oxygen atoms in total. The summed E-state index contributed by atoms with van der Waals surface area (Å²) in [6, 6.07) is 4.68. The van der Waals surface area contributed by atoms with Crippen LogP contribution in [0.15, 0.2) is 18.2 Å². The van der Waals surface area contributed by atoms with Crippen molar-refractivity contribution in [2.24, 2.45) is 0 Å². The number of hydrogen-bond acceptors (Lipinski definition) is 6. The maximum Gasteiger partial charge on any atom is 0.328 e. The second kappa shape index (κ2) is 7.20. The van der Waals surface area contributed by atoms with Gasteiger partial charge in [-0.15, -0.1) is 0 Å². The highest BCUT2D eigenvalue weighted by molar-refractivity contribution is 6.42. The summed E-state index contributed by atoms with van der Waals surface area (Å²) >= 11 is 12.0. The number of carbonyl (C=O) groups excluding carboxylic acids is 2. The van der Waals surface area contributed by atoms with Gasteiger partial charge in [0.1, 0.15) is 18.5 Å². The summed E-state index contributed by atoms with van der Waals surface area (Å²) < 4.78 is 0. The Kier molecular flexibility index (Phi) is 5.04. The molecule has 0 aliphatic carbocycles. The van der Waals surface area contributed by atoms with Crippen LogP contribution in [-0.4, -0.2) is 78.4 Å². The predicted molar refractivity (Wildman–Crippen MR) is 102 cm³/mol. The number of hydrogen-bond donors (Lipinski definition) is 3. The fourth-order valence-corrected chi connectivity index (χ4v) is 4.03. The lowest BCUT2D eigenvalue weighted by Gasteiger charge is -2.40. The molecule has 0 radical (unpaired) electrons. The summed E-state index contributed by atoms with van der Waals surface area (Å²) in [5.74, 6) is -0.222. The van der Waals surface area contributed by atoms with Gasteiger partial charge in [0.25, 0.3) is 5.91 Å². The van der Waals surface area contributed by atoms with E-state index in [9.17, 15) is 9.59 Å². The first-order valence-corrected chi connectivity index (χ1v) is 9.59. The van der Waals surface area contributed by atoms with Crippen molar-refractivity contribution in [3.8, 4) is 0 Å². The number of likely N-dealkylation sites (N-methyl/N-ethyl adjacent to an activating group) is 2. The number of nitrogens with zero attached hydrogens (tertiary/aromatic N) is 3.